The second-order valence-electron chi connectivity index (χ2n) is 16.5. The fraction of sp³-hybridized carbons (Fsp3) is 0.250. The average molecular weight is 1260 g/mol. The number of aliphatic carboxylic acids is 1. The maximum Gasteiger partial charge on any atom is 0.430 e. The van der Waals surface area contributed by atoms with Crippen molar-refractivity contribution < 1.29 is 96.6 Å². The van der Waals surface area contributed by atoms with Crippen molar-refractivity contribution in [2.24, 2.45) is 0 Å². The molecule has 3 unspecified atom stereocenters. The van der Waals surface area contributed by atoms with E-state index >= 15 is 0 Å². The molecule has 3 aliphatic rings. The molecule has 3 aliphatic heterocycles. The van der Waals surface area contributed by atoms with E-state index in [2.05, 4.69) is 36.6 Å². The van der Waals surface area contributed by atoms with Crippen LogP contribution < -0.4 is 23.7 Å². The van der Waals surface area contributed by atoms with Gasteiger partial charge in [-0.25, -0.2) is 18.8 Å². The number of hydrogen-bond donors (Lipinski definition) is 1. The number of halogens is 14. The molecule has 5 aromatic rings. The van der Waals surface area contributed by atoms with Crippen LogP contribution in [0.15, 0.2) is 98.5 Å². The Morgan fingerprint density at radius 3 is 1.31 bits per heavy atom. The average Bonchev–Trinajstić information content (AvgIpc) is 3.33. The molecule has 410 valence electrons. The summed E-state index contributed by atoms with van der Waals surface area (Å²) in [6.07, 6.45) is -18.8. The number of aryl methyl sites for hydroxylation is 3. The molecule has 0 saturated carbocycles. The van der Waals surface area contributed by atoms with Crippen molar-refractivity contribution in [1.29, 1.82) is 0 Å². The minimum atomic E-state index is -4.86. The normalized spacial score (nSPS) is 16.5. The fourth-order valence-corrected chi connectivity index (χ4v) is 8.53. The van der Waals surface area contributed by atoms with Gasteiger partial charge in [-0.05, 0) is 156 Å². The standard InChI is InChI=1S/C20H15BrClF3O4.C19H14ClF3O4.C13H9BrF4O3/c1-3-27-19(26)13-7-11-8-14(21)17(9-16(11)29-18(13)20(23,24)25)28-15-5-4-12(22)6-10(15)2;1-9-5-11-7-13(18(24)25)17(19(21,22)23)27-16(11)8-15(9)26-14-4-3-12(20)6-10(14)2;1-2-20-12(19)7-3-6-4-8(14)9(15)5-10(6)21-11(7)13(16,17)18/h4-9,18H,3H2,1-2H3;3-8,17H,1-2H3,(H,24,25);3-5,11H,2H2,1H3. The number of fused-ring (bicyclic) bond motifs is 3. The molecule has 1 N–H and O–H groups in total. The molecule has 0 radical (unpaired) electrons. The van der Waals surface area contributed by atoms with E-state index in [0.29, 0.717) is 42.9 Å². The summed E-state index contributed by atoms with van der Waals surface area (Å²) >= 11 is 18.1. The molecule has 0 aromatic heterocycles. The Morgan fingerprint density at radius 1 is 0.532 bits per heavy atom. The number of carbonyl (C=O) groups is 3. The molecule has 3 atom stereocenters. The highest BCUT2D eigenvalue weighted by atomic mass is 79.9. The number of hydrogen-bond acceptors (Lipinski definition) is 10. The van der Waals surface area contributed by atoms with Gasteiger partial charge in [0.25, 0.3) is 0 Å². The number of carbonyl (C=O) groups excluding carboxylic acids is 2. The topological polar surface area (TPSA) is 136 Å². The number of carboxylic acids is 1. The minimum absolute atomic E-state index is 0.0507. The lowest BCUT2D eigenvalue weighted by molar-refractivity contribution is -0.188. The Labute approximate surface area is 458 Å². The zero-order chi connectivity index (χ0) is 57.1. The van der Waals surface area contributed by atoms with Crippen molar-refractivity contribution in [1.82, 2.24) is 0 Å². The van der Waals surface area contributed by atoms with Crippen LogP contribution in [0, 0.1) is 26.6 Å². The third kappa shape index (κ3) is 14.6. The first-order valence-corrected chi connectivity index (χ1v) is 24.5. The highest BCUT2D eigenvalue weighted by molar-refractivity contribution is 9.10. The first-order valence-electron chi connectivity index (χ1n) is 22.2. The number of alkyl halides is 9. The van der Waals surface area contributed by atoms with Crippen LogP contribution >= 0.6 is 55.1 Å². The Balaban J connectivity index is 0.000000190. The third-order valence-corrected chi connectivity index (χ3v) is 12.5. The van der Waals surface area contributed by atoms with Gasteiger partial charge in [0.2, 0.25) is 18.3 Å². The van der Waals surface area contributed by atoms with Gasteiger partial charge >= 0.3 is 36.4 Å². The molecule has 8 rings (SSSR count). The SMILES string of the molecule is CCOC(=O)C1=Cc2cc(Br)c(F)cc2OC1C(F)(F)F.CCOC(=O)C1=Cc2cc(Br)c(Oc3ccc(Cl)cc3C)cc2OC1C(F)(F)F.Cc1cc(Cl)ccc1Oc1cc2c(cc1C)C=C(C(=O)O)C(C(F)(F)F)O2. The zero-order valence-electron chi connectivity index (χ0n) is 40.1. The molecule has 77 heavy (non-hydrogen) atoms. The summed E-state index contributed by atoms with van der Waals surface area (Å²) in [5, 5.41) is 10.2. The Bertz CT molecular complexity index is 3210. The van der Waals surface area contributed by atoms with E-state index in [1.807, 2.05) is 0 Å². The lowest BCUT2D eigenvalue weighted by atomic mass is 9.99. The Hall–Kier alpha value is -6.43. The van der Waals surface area contributed by atoms with Crippen molar-refractivity contribution in [3.63, 3.8) is 0 Å². The van der Waals surface area contributed by atoms with Crippen LogP contribution in [0.2, 0.25) is 10.0 Å². The maximum atomic E-state index is 13.5. The summed E-state index contributed by atoms with van der Waals surface area (Å²) in [6.45, 7) is 8.14. The summed E-state index contributed by atoms with van der Waals surface area (Å²) in [5.74, 6) is -3.56. The maximum absolute atomic E-state index is 13.5. The first kappa shape index (κ1) is 59.8. The molecule has 3 heterocycles. The number of esters is 2. The van der Waals surface area contributed by atoms with Crippen molar-refractivity contribution in [2.75, 3.05) is 13.2 Å². The first-order chi connectivity index (χ1) is 35.9. The summed E-state index contributed by atoms with van der Waals surface area (Å²) in [4.78, 5) is 34.9. The highest BCUT2D eigenvalue weighted by Gasteiger charge is 2.51. The molecule has 25 heteroatoms. The Kier molecular flexibility index (Phi) is 18.7. The minimum Gasteiger partial charge on any atom is -0.478 e. The van der Waals surface area contributed by atoms with Gasteiger partial charge in [-0.15, -0.1) is 0 Å². The molecule has 5 aromatic carbocycles. The van der Waals surface area contributed by atoms with E-state index in [0.717, 1.165) is 35.4 Å². The molecule has 0 spiro atoms. The van der Waals surface area contributed by atoms with Crippen molar-refractivity contribution in [2.45, 2.75) is 71.5 Å². The van der Waals surface area contributed by atoms with E-state index in [1.54, 1.807) is 57.2 Å². The molecule has 11 nitrogen and oxygen atoms in total. The monoisotopic (exact) mass is 1260 g/mol. The largest absolute Gasteiger partial charge is 0.478 e. The molecular weight excluding hydrogens is 1220 g/mol. The van der Waals surface area contributed by atoms with Gasteiger partial charge in [-0.3, -0.25) is 0 Å². The third-order valence-electron chi connectivity index (χ3n) is 10.8. The highest BCUT2D eigenvalue weighted by Crippen LogP contribution is 2.45. The Morgan fingerprint density at radius 2 is 0.896 bits per heavy atom. The van der Waals surface area contributed by atoms with Gasteiger partial charge < -0.3 is 38.3 Å². The molecule has 0 aliphatic carbocycles. The summed E-state index contributed by atoms with van der Waals surface area (Å²) in [6, 6.07) is 17.7. The van der Waals surface area contributed by atoms with Gasteiger partial charge in [0, 0.05) is 44.9 Å². The number of rotatable bonds is 9. The lowest BCUT2D eigenvalue weighted by Crippen LogP contribution is -2.40. The van der Waals surface area contributed by atoms with Gasteiger partial charge in [0.15, 0.2) is 0 Å². The summed E-state index contributed by atoms with van der Waals surface area (Å²) in [7, 11) is 0. The van der Waals surface area contributed by atoms with Crippen LogP contribution in [-0.4, -0.2) is 73.1 Å². The van der Waals surface area contributed by atoms with Crippen molar-refractivity contribution in [3.8, 4) is 40.2 Å². The van der Waals surface area contributed by atoms with Gasteiger partial charge in [-0.2, -0.15) is 39.5 Å². The van der Waals surface area contributed by atoms with E-state index in [4.69, 9.17) is 56.7 Å². The smallest absolute Gasteiger partial charge is 0.430 e. The number of benzene rings is 5. The summed E-state index contributed by atoms with van der Waals surface area (Å²) in [5.41, 5.74) is 0.659. The van der Waals surface area contributed by atoms with Gasteiger partial charge in [-0.1, -0.05) is 23.2 Å². The quantitative estimate of drug-likeness (QED) is 0.112. The van der Waals surface area contributed by atoms with E-state index < -0.39 is 77.3 Å². The van der Waals surface area contributed by atoms with Crippen LogP contribution in [0.1, 0.15) is 47.2 Å². The van der Waals surface area contributed by atoms with Gasteiger partial charge in [0.05, 0.1) is 38.9 Å². The molecule has 0 fully saturated rings. The van der Waals surface area contributed by atoms with Gasteiger partial charge in [0.1, 0.15) is 46.1 Å². The predicted octanol–water partition coefficient (Wildman–Crippen LogP) is 15.9. The predicted molar refractivity (Wildman–Crippen MR) is 268 cm³/mol. The molecule has 0 bridgehead atoms. The van der Waals surface area contributed by atoms with Crippen molar-refractivity contribution >= 4 is 91.2 Å². The second-order valence-corrected chi connectivity index (χ2v) is 19.0. The summed E-state index contributed by atoms with van der Waals surface area (Å²) < 4.78 is 169. The van der Waals surface area contributed by atoms with Crippen LogP contribution in [0.5, 0.6) is 40.2 Å². The fourth-order valence-electron chi connectivity index (χ4n) is 7.28. The van der Waals surface area contributed by atoms with E-state index in [9.17, 15) is 58.3 Å². The van der Waals surface area contributed by atoms with Crippen LogP contribution in [-0.2, 0) is 23.9 Å². The lowest BCUT2D eigenvalue weighted by Gasteiger charge is -2.28. The zero-order valence-corrected chi connectivity index (χ0v) is 44.8. The van der Waals surface area contributed by atoms with Crippen LogP contribution in [0.25, 0.3) is 18.2 Å². The second kappa shape index (κ2) is 24.1. The van der Waals surface area contributed by atoms with Crippen molar-refractivity contribution in [3.05, 3.63) is 148 Å². The van der Waals surface area contributed by atoms with Crippen LogP contribution in [0.4, 0.5) is 43.9 Å². The molecule has 0 amide bonds. The van der Waals surface area contributed by atoms with Crippen LogP contribution in [0.3, 0.4) is 0 Å². The molecule has 0 saturated heterocycles. The van der Waals surface area contributed by atoms with E-state index in [1.165, 1.54) is 44.2 Å². The van der Waals surface area contributed by atoms with E-state index in [-0.39, 0.29) is 51.8 Å². The number of carboxylic acid groups (broad SMARTS) is 1. The molecular formula is C52H38Br2Cl2F10O11. The number of ether oxygens (including phenoxy) is 7.